The molecule has 3 rings (SSSR count). The molecule has 0 unspecified atom stereocenters. The van der Waals surface area contributed by atoms with E-state index in [1.807, 2.05) is 30.3 Å². The lowest BCUT2D eigenvalue weighted by Crippen LogP contribution is -2.09. The summed E-state index contributed by atoms with van der Waals surface area (Å²) in [4.78, 5) is 16.5. The number of amides is 1. The largest absolute Gasteiger partial charge is 0.493 e. The normalized spacial score (nSPS) is 11.1. The molecule has 0 aliphatic carbocycles. The van der Waals surface area contributed by atoms with Crippen LogP contribution in [0.5, 0.6) is 11.5 Å². The smallest absolute Gasteiger partial charge is 0.387 e. The predicted molar refractivity (Wildman–Crippen MR) is 99.0 cm³/mol. The first-order valence-corrected chi connectivity index (χ1v) is 8.02. The fraction of sp³-hybridized carbons (Fsp3) is 0.100. The van der Waals surface area contributed by atoms with Gasteiger partial charge in [-0.05, 0) is 24.3 Å². The van der Waals surface area contributed by atoms with Crippen LogP contribution in [-0.4, -0.2) is 24.6 Å². The third kappa shape index (κ3) is 4.58. The second-order valence-corrected chi connectivity index (χ2v) is 5.49. The first-order chi connectivity index (χ1) is 13.1. The molecule has 0 saturated heterocycles. The summed E-state index contributed by atoms with van der Waals surface area (Å²) in [6.07, 6.45) is 4.67. The first-order valence-electron chi connectivity index (χ1n) is 8.02. The van der Waals surface area contributed by atoms with Gasteiger partial charge in [-0.15, -0.1) is 0 Å². The number of methoxy groups -OCH3 is 1. The summed E-state index contributed by atoms with van der Waals surface area (Å²) >= 11 is 0. The SMILES string of the molecule is COc1ccc(NC(=O)/C=C/c2cccc3cccnc23)cc1OC(F)F. The van der Waals surface area contributed by atoms with Crippen molar-refractivity contribution in [2.24, 2.45) is 0 Å². The quantitative estimate of drug-likeness (QED) is 0.649. The minimum atomic E-state index is -3.00. The summed E-state index contributed by atoms with van der Waals surface area (Å²) < 4.78 is 34.3. The lowest BCUT2D eigenvalue weighted by atomic mass is 10.1. The number of ether oxygens (including phenoxy) is 2. The minimum Gasteiger partial charge on any atom is -0.493 e. The van der Waals surface area contributed by atoms with Crippen LogP contribution in [0.3, 0.4) is 0 Å². The van der Waals surface area contributed by atoms with E-state index in [9.17, 15) is 13.6 Å². The highest BCUT2D eigenvalue weighted by atomic mass is 19.3. The van der Waals surface area contributed by atoms with Gasteiger partial charge in [-0.2, -0.15) is 8.78 Å². The number of para-hydroxylation sites is 1. The number of alkyl halides is 2. The number of halogens is 2. The van der Waals surface area contributed by atoms with E-state index >= 15 is 0 Å². The van der Waals surface area contributed by atoms with Crippen LogP contribution in [0.15, 0.2) is 60.8 Å². The van der Waals surface area contributed by atoms with Crippen LogP contribution in [0.4, 0.5) is 14.5 Å². The maximum atomic E-state index is 12.5. The molecule has 27 heavy (non-hydrogen) atoms. The van der Waals surface area contributed by atoms with Crippen molar-refractivity contribution in [1.29, 1.82) is 0 Å². The summed E-state index contributed by atoms with van der Waals surface area (Å²) in [6.45, 7) is -3.00. The van der Waals surface area contributed by atoms with Crippen molar-refractivity contribution < 1.29 is 23.0 Å². The third-order valence-electron chi connectivity index (χ3n) is 3.73. The van der Waals surface area contributed by atoms with Gasteiger partial charge < -0.3 is 14.8 Å². The van der Waals surface area contributed by atoms with E-state index in [0.717, 1.165) is 16.5 Å². The number of aromatic nitrogens is 1. The number of pyridine rings is 1. The lowest BCUT2D eigenvalue weighted by molar-refractivity contribution is -0.111. The zero-order chi connectivity index (χ0) is 19.2. The van der Waals surface area contributed by atoms with Crippen LogP contribution < -0.4 is 14.8 Å². The van der Waals surface area contributed by atoms with E-state index in [1.165, 1.54) is 31.4 Å². The number of carbonyl (C=O) groups excluding carboxylic acids is 1. The van der Waals surface area contributed by atoms with Gasteiger partial charge >= 0.3 is 6.61 Å². The van der Waals surface area contributed by atoms with Crippen molar-refractivity contribution in [2.75, 3.05) is 12.4 Å². The standard InChI is InChI=1S/C20H16F2N2O3/c1-26-16-9-8-15(12-17(16)27-20(21)22)24-18(25)10-7-14-5-2-4-13-6-3-11-23-19(13)14/h2-12,20H,1H3,(H,24,25)/b10-7+. The van der Waals surface area contributed by atoms with Crippen molar-refractivity contribution in [1.82, 2.24) is 4.98 Å². The molecule has 138 valence electrons. The molecule has 0 atom stereocenters. The molecule has 0 bridgehead atoms. The summed E-state index contributed by atoms with van der Waals surface area (Å²) in [6, 6.07) is 13.7. The van der Waals surface area contributed by atoms with E-state index < -0.39 is 12.5 Å². The van der Waals surface area contributed by atoms with Crippen molar-refractivity contribution in [3.63, 3.8) is 0 Å². The zero-order valence-corrected chi connectivity index (χ0v) is 14.4. The molecule has 0 spiro atoms. The molecule has 5 nitrogen and oxygen atoms in total. The van der Waals surface area contributed by atoms with Crippen LogP contribution in [-0.2, 0) is 4.79 Å². The van der Waals surface area contributed by atoms with Gasteiger partial charge in [0.1, 0.15) is 0 Å². The Kier molecular flexibility index (Phi) is 5.61. The molecule has 7 heteroatoms. The minimum absolute atomic E-state index is 0.144. The molecule has 1 amide bonds. The Bertz CT molecular complexity index is 985. The van der Waals surface area contributed by atoms with Crippen LogP contribution in [0.25, 0.3) is 17.0 Å². The van der Waals surface area contributed by atoms with Crippen molar-refractivity contribution >= 4 is 28.6 Å². The maximum Gasteiger partial charge on any atom is 0.387 e. The van der Waals surface area contributed by atoms with Gasteiger partial charge in [0.15, 0.2) is 11.5 Å². The van der Waals surface area contributed by atoms with Gasteiger partial charge in [0.05, 0.1) is 12.6 Å². The highest BCUT2D eigenvalue weighted by Crippen LogP contribution is 2.31. The maximum absolute atomic E-state index is 12.5. The Morgan fingerprint density at radius 1 is 1.15 bits per heavy atom. The number of nitrogens with one attached hydrogen (secondary N) is 1. The van der Waals surface area contributed by atoms with E-state index in [4.69, 9.17) is 4.74 Å². The summed E-state index contributed by atoms with van der Waals surface area (Å²) in [5, 5.41) is 3.56. The molecule has 3 aromatic rings. The Morgan fingerprint density at radius 2 is 1.96 bits per heavy atom. The van der Waals surface area contributed by atoms with Gasteiger partial charge in [0.2, 0.25) is 5.91 Å². The monoisotopic (exact) mass is 370 g/mol. The number of carbonyl (C=O) groups is 1. The summed E-state index contributed by atoms with van der Waals surface area (Å²) in [5.74, 6) is -0.436. The molecule has 0 radical (unpaired) electrons. The van der Waals surface area contributed by atoms with E-state index in [1.54, 1.807) is 12.3 Å². The average Bonchev–Trinajstić information content (AvgIpc) is 2.66. The molecule has 0 aliphatic rings. The van der Waals surface area contributed by atoms with Gasteiger partial charge in [0.25, 0.3) is 0 Å². The molecule has 1 N–H and O–H groups in total. The van der Waals surface area contributed by atoms with Gasteiger partial charge in [-0.25, -0.2) is 0 Å². The van der Waals surface area contributed by atoms with Gasteiger partial charge in [-0.1, -0.05) is 24.3 Å². The Labute approximate surface area is 154 Å². The molecule has 1 heterocycles. The fourth-order valence-corrected chi connectivity index (χ4v) is 2.55. The fourth-order valence-electron chi connectivity index (χ4n) is 2.55. The van der Waals surface area contributed by atoms with Crippen molar-refractivity contribution in [3.8, 4) is 11.5 Å². The van der Waals surface area contributed by atoms with Crippen LogP contribution in [0, 0.1) is 0 Å². The van der Waals surface area contributed by atoms with Crippen LogP contribution >= 0.6 is 0 Å². The number of fused-ring (bicyclic) bond motifs is 1. The number of hydrogen-bond donors (Lipinski definition) is 1. The molecule has 2 aromatic carbocycles. The van der Waals surface area contributed by atoms with Crippen molar-refractivity contribution in [3.05, 3.63) is 66.4 Å². The second-order valence-electron chi connectivity index (χ2n) is 5.49. The van der Waals surface area contributed by atoms with Gasteiger partial charge in [0, 0.05) is 35.0 Å². The molecule has 0 fully saturated rings. The second kappa shape index (κ2) is 8.27. The Balaban J connectivity index is 1.76. The topological polar surface area (TPSA) is 60.5 Å². The highest BCUT2D eigenvalue weighted by molar-refractivity contribution is 6.03. The zero-order valence-electron chi connectivity index (χ0n) is 14.4. The van der Waals surface area contributed by atoms with E-state index in [0.29, 0.717) is 5.69 Å². The Morgan fingerprint density at radius 3 is 2.74 bits per heavy atom. The Hall–Kier alpha value is -3.48. The van der Waals surface area contributed by atoms with Crippen LogP contribution in [0.1, 0.15) is 5.56 Å². The number of hydrogen-bond acceptors (Lipinski definition) is 4. The lowest BCUT2D eigenvalue weighted by Gasteiger charge is -2.11. The summed E-state index contributed by atoms with van der Waals surface area (Å²) in [7, 11) is 1.34. The highest BCUT2D eigenvalue weighted by Gasteiger charge is 2.12. The molecular weight excluding hydrogens is 354 g/mol. The van der Waals surface area contributed by atoms with E-state index in [2.05, 4.69) is 15.0 Å². The van der Waals surface area contributed by atoms with Crippen molar-refractivity contribution in [2.45, 2.75) is 6.61 Å². The predicted octanol–water partition coefficient (Wildman–Crippen LogP) is 4.50. The van der Waals surface area contributed by atoms with Crippen LogP contribution in [0.2, 0.25) is 0 Å². The molecule has 1 aromatic heterocycles. The number of nitrogens with zero attached hydrogens (tertiary/aromatic N) is 1. The first kappa shape index (κ1) is 18.3. The third-order valence-corrected chi connectivity index (χ3v) is 3.73. The number of rotatable bonds is 6. The molecule has 0 aliphatic heterocycles. The molecular formula is C20H16F2N2O3. The average molecular weight is 370 g/mol. The number of anilines is 1. The molecule has 0 saturated carbocycles. The van der Waals surface area contributed by atoms with E-state index in [-0.39, 0.29) is 11.5 Å². The number of benzene rings is 2. The van der Waals surface area contributed by atoms with Gasteiger partial charge in [-0.3, -0.25) is 9.78 Å². The summed E-state index contributed by atoms with van der Waals surface area (Å²) in [5.41, 5.74) is 1.87.